The molecule has 0 fully saturated rings. The Balaban J connectivity index is 2.83. The molecule has 0 spiro atoms. The first-order valence-electron chi connectivity index (χ1n) is 11.7. The van der Waals surface area contributed by atoms with E-state index < -0.39 is 20.3 Å². The first kappa shape index (κ1) is 30.3. The Morgan fingerprint density at radius 1 is 1.03 bits per heavy atom. The molecule has 2 aromatic carbocycles. The fourth-order valence-corrected chi connectivity index (χ4v) is 7.85. The topological polar surface area (TPSA) is 112 Å². The maximum absolute atomic E-state index is 14.0. The molecule has 0 bridgehead atoms. The van der Waals surface area contributed by atoms with Crippen LogP contribution in [-0.4, -0.2) is 36.6 Å². The Kier molecular flexibility index (Phi) is 10.2. The van der Waals surface area contributed by atoms with Gasteiger partial charge in [-0.25, -0.2) is 4.57 Å². The number of unbranched alkanes of at least 4 members (excludes halogenated alkanes) is 2. The SMILES string of the molecule is C=C(C)c1ccc(C)cc1-c1c(O)cc(CCCCC)cc1OP(=O)(OC)C(C)(O)P(=O)(OC)OC. The number of benzene rings is 2. The van der Waals surface area contributed by atoms with Crippen molar-refractivity contribution in [3.8, 4) is 22.6 Å². The highest BCUT2D eigenvalue weighted by Gasteiger charge is 2.62. The molecule has 2 atom stereocenters. The molecule has 0 radical (unpaired) electrons. The number of phenols is 1. The van der Waals surface area contributed by atoms with Gasteiger partial charge in [-0.15, -0.1) is 0 Å². The average Bonchev–Trinajstić information content (AvgIpc) is 2.82. The van der Waals surface area contributed by atoms with Gasteiger partial charge in [-0.05, 0) is 62.4 Å². The first-order chi connectivity index (χ1) is 16.8. The van der Waals surface area contributed by atoms with Crippen LogP contribution >= 0.6 is 15.2 Å². The molecular weight excluding hydrogens is 502 g/mol. The molecular formula is C26H38O8P2. The molecule has 10 heteroatoms. The van der Waals surface area contributed by atoms with Gasteiger partial charge in [-0.2, -0.15) is 0 Å². The van der Waals surface area contributed by atoms with E-state index in [1.165, 1.54) is 0 Å². The summed E-state index contributed by atoms with van der Waals surface area (Å²) in [6, 6.07) is 8.95. The maximum atomic E-state index is 14.0. The van der Waals surface area contributed by atoms with E-state index in [4.69, 9.17) is 18.1 Å². The monoisotopic (exact) mass is 540 g/mol. The van der Waals surface area contributed by atoms with E-state index in [1.807, 2.05) is 32.0 Å². The maximum Gasteiger partial charge on any atom is 0.422 e. The van der Waals surface area contributed by atoms with Gasteiger partial charge in [0.05, 0.1) is 5.56 Å². The molecule has 36 heavy (non-hydrogen) atoms. The zero-order valence-corrected chi connectivity index (χ0v) is 23.9. The molecule has 0 saturated heterocycles. The summed E-state index contributed by atoms with van der Waals surface area (Å²) < 4.78 is 48.0. The Bertz CT molecular complexity index is 1180. The highest BCUT2D eigenvalue weighted by Crippen LogP contribution is 2.75. The van der Waals surface area contributed by atoms with Crippen molar-refractivity contribution >= 4 is 20.8 Å². The summed E-state index contributed by atoms with van der Waals surface area (Å²) in [5, 5.41) is 19.7. The Morgan fingerprint density at radius 3 is 2.17 bits per heavy atom. The van der Waals surface area contributed by atoms with Gasteiger partial charge in [0.15, 0.2) is 0 Å². The van der Waals surface area contributed by atoms with Crippen LogP contribution in [0.5, 0.6) is 11.5 Å². The molecule has 0 aliphatic heterocycles. The summed E-state index contributed by atoms with van der Waals surface area (Å²) in [6.07, 6.45) is 3.52. The van der Waals surface area contributed by atoms with Crippen LogP contribution < -0.4 is 4.52 Å². The zero-order valence-electron chi connectivity index (χ0n) is 22.2. The van der Waals surface area contributed by atoms with Crippen molar-refractivity contribution < 1.29 is 37.4 Å². The van der Waals surface area contributed by atoms with Gasteiger partial charge in [0.25, 0.3) is 5.08 Å². The third-order valence-electron chi connectivity index (χ3n) is 6.09. The van der Waals surface area contributed by atoms with Crippen molar-refractivity contribution in [2.24, 2.45) is 0 Å². The Hall–Kier alpha value is -1.92. The number of allylic oxidation sites excluding steroid dienone is 1. The summed E-state index contributed by atoms with van der Waals surface area (Å²) in [5.74, 6) is -0.102. The van der Waals surface area contributed by atoms with Crippen LogP contribution in [0, 0.1) is 6.92 Å². The number of aliphatic hydroxyl groups is 1. The molecule has 0 amide bonds. The average molecular weight is 541 g/mol. The van der Waals surface area contributed by atoms with Gasteiger partial charge >= 0.3 is 15.2 Å². The highest BCUT2D eigenvalue weighted by molar-refractivity contribution is 7.74. The van der Waals surface area contributed by atoms with Gasteiger partial charge in [0.2, 0.25) is 0 Å². The third kappa shape index (κ3) is 5.96. The van der Waals surface area contributed by atoms with Crippen molar-refractivity contribution in [2.75, 3.05) is 21.3 Å². The number of rotatable bonds is 13. The van der Waals surface area contributed by atoms with E-state index in [9.17, 15) is 19.3 Å². The molecule has 0 aliphatic rings. The molecule has 200 valence electrons. The van der Waals surface area contributed by atoms with Crippen molar-refractivity contribution in [2.45, 2.75) is 58.5 Å². The van der Waals surface area contributed by atoms with Gasteiger partial charge in [0.1, 0.15) is 11.5 Å². The minimum absolute atomic E-state index is 0.00110. The van der Waals surface area contributed by atoms with Gasteiger partial charge in [-0.3, -0.25) is 4.57 Å². The van der Waals surface area contributed by atoms with E-state index in [0.717, 1.165) is 69.8 Å². The molecule has 0 heterocycles. The normalized spacial score (nSPS) is 15.2. The predicted molar refractivity (Wildman–Crippen MR) is 144 cm³/mol. The van der Waals surface area contributed by atoms with E-state index in [0.29, 0.717) is 12.0 Å². The fourth-order valence-electron chi connectivity index (χ4n) is 3.96. The Labute approximate surface area is 214 Å². The molecule has 0 saturated carbocycles. The number of phenolic OH excluding ortho intramolecular Hbond substituents is 1. The lowest BCUT2D eigenvalue weighted by Gasteiger charge is -2.34. The quantitative estimate of drug-likeness (QED) is 0.198. The molecule has 2 rings (SSSR count). The summed E-state index contributed by atoms with van der Waals surface area (Å²) in [6.45, 7) is 10.9. The van der Waals surface area contributed by atoms with Crippen LogP contribution in [0.3, 0.4) is 0 Å². The molecule has 2 aromatic rings. The number of aryl methyl sites for hydroxylation is 2. The van der Waals surface area contributed by atoms with E-state index in [2.05, 4.69) is 13.5 Å². The molecule has 2 N–H and O–H groups in total. The van der Waals surface area contributed by atoms with Crippen molar-refractivity contribution in [3.63, 3.8) is 0 Å². The number of hydrogen-bond donors (Lipinski definition) is 2. The van der Waals surface area contributed by atoms with Gasteiger partial charge in [0, 0.05) is 21.3 Å². The van der Waals surface area contributed by atoms with Gasteiger partial charge < -0.3 is 28.3 Å². The van der Waals surface area contributed by atoms with Crippen LogP contribution in [0.2, 0.25) is 0 Å². The lowest BCUT2D eigenvalue weighted by Crippen LogP contribution is -2.29. The lowest BCUT2D eigenvalue weighted by molar-refractivity contribution is 0.125. The molecule has 8 nitrogen and oxygen atoms in total. The molecule has 2 unspecified atom stereocenters. The highest BCUT2D eigenvalue weighted by atomic mass is 31.2. The minimum Gasteiger partial charge on any atom is -0.507 e. The largest absolute Gasteiger partial charge is 0.507 e. The standard InChI is InChI=1S/C26H38O8P2/c1-9-10-11-12-20-16-23(27)25(22-15-19(4)13-14-21(22)18(2)3)24(17-20)34-36(30,33-8)26(5,28)35(29,31-6)32-7/h13-17,27-28H,2,9-12H2,1,3-8H3. The summed E-state index contributed by atoms with van der Waals surface area (Å²) in [4.78, 5) is 0. The fraction of sp³-hybridized carbons (Fsp3) is 0.462. The summed E-state index contributed by atoms with van der Waals surface area (Å²) in [5.41, 5.74) is 3.99. The van der Waals surface area contributed by atoms with E-state index >= 15 is 0 Å². The van der Waals surface area contributed by atoms with Crippen LogP contribution in [0.25, 0.3) is 16.7 Å². The van der Waals surface area contributed by atoms with E-state index in [1.54, 1.807) is 12.1 Å². The first-order valence-corrected chi connectivity index (χ1v) is 14.8. The lowest BCUT2D eigenvalue weighted by atomic mass is 9.91. The predicted octanol–water partition coefficient (Wildman–Crippen LogP) is 7.50. The summed E-state index contributed by atoms with van der Waals surface area (Å²) >= 11 is 0. The second-order valence-electron chi connectivity index (χ2n) is 8.88. The van der Waals surface area contributed by atoms with Crippen molar-refractivity contribution in [1.29, 1.82) is 0 Å². The molecule has 0 aliphatic carbocycles. The molecule has 0 aromatic heterocycles. The van der Waals surface area contributed by atoms with Crippen molar-refractivity contribution in [3.05, 3.63) is 53.6 Å². The second-order valence-corrected chi connectivity index (χ2v) is 14.2. The second kappa shape index (κ2) is 12.1. The Morgan fingerprint density at radius 2 is 1.64 bits per heavy atom. The van der Waals surface area contributed by atoms with Crippen LogP contribution in [0.15, 0.2) is 36.9 Å². The van der Waals surface area contributed by atoms with Crippen LogP contribution in [-0.2, 0) is 29.1 Å². The van der Waals surface area contributed by atoms with Crippen LogP contribution in [0.1, 0.15) is 56.7 Å². The van der Waals surface area contributed by atoms with E-state index in [-0.39, 0.29) is 17.1 Å². The zero-order chi connectivity index (χ0) is 27.3. The van der Waals surface area contributed by atoms with Gasteiger partial charge in [-0.1, -0.05) is 55.7 Å². The number of aromatic hydroxyl groups is 1. The van der Waals surface area contributed by atoms with Crippen molar-refractivity contribution in [1.82, 2.24) is 0 Å². The third-order valence-corrected chi connectivity index (χ3v) is 11.5. The smallest absolute Gasteiger partial charge is 0.422 e. The summed E-state index contributed by atoms with van der Waals surface area (Å²) in [7, 11) is -5.80. The number of hydrogen-bond acceptors (Lipinski definition) is 8. The van der Waals surface area contributed by atoms with Crippen LogP contribution in [0.4, 0.5) is 0 Å². The minimum atomic E-state index is -4.64.